The summed E-state index contributed by atoms with van der Waals surface area (Å²) in [7, 11) is 0. The Kier molecular flexibility index (Phi) is 5.01. The van der Waals surface area contributed by atoms with Gasteiger partial charge in [0, 0.05) is 16.3 Å². The molecule has 0 fully saturated rings. The second-order valence-corrected chi connectivity index (χ2v) is 6.91. The Hall–Kier alpha value is -2.95. The fraction of sp³-hybridized carbons (Fsp3) is 0. The number of halogens is 1. The quantitative estimate of drug-likeness (QED) is 0.196. The smallest absolute Gasteiger partial charge is 0.191 e. The fourth-order valence-corrected chi connectivity index (χ4v) is 3.43. The number of thiocarbonyl (C=S) groups is 1. The molecule has 0 aliphatic rings. The molecule has 27 heavy (non-hydrogen) atoms. The van der Waals surface area contributed by atoms with Crippen molar-refractivity contribution in [3.8, 4) is 0 Å². The highest BCUT2D eigenvalue weighted by molar-refractivity contribution is 7.80. The molecule has 0 aromatic heterocycles. The summed E-state index contributed by atoms with van der Waals surface area (Å²) in [6, 6.07) is 26.1. The van der Waals surface area contributed by atoms with Gasteiger partial charge in [-0.05, 0) is 58.0 Å². The number of rotatable bonds is 3. The Bertz CT molecular complexity index is 1120. The van der Waals surface area contributed by atoms with Gasteiger partial charge in [0.1, 0.15) is 0 Å². The minimum absolute atomic E-state index is 0.401. The van der Waals surface area contributed by atoms with Crippen LogP contribution in [0.2, 0.25) is 5.02 Å². The molecule has 0 aliphatic heterocycles. The lowest BCUT2D eigenvalue weighted by Crippen LogP contribution is -2.23. The minimum Gasteiger partial charge on any atom is -0.331 e. The molecule has 132 valence electrons. The van der Waals surface area contributed by atoms with Crippen LogP contribution in [0, 0.1) is 0 Å². The van der Waals surface area contributed by atoms with Crippen molar-refractivity contribution in [1.29, 1.82) is 0 Å². The number of hydrogen-bond acceptors (Lipinski definition) is 2. The topological polar surface area (TPSA) is 36.4 Å². The van der Waals surface area contributed by atoms with Crippen LogP contribution >= 0.6 is 23.8 Å². The molecule has 4 rings (SSSR count). The highest BCUT2D eigenvalue weighted by Crippen LogP contribution is 2.27. The first kappa shape index (κ1) is 17.5. The highest BCUT2D eigenvalue weighted by atomic mass is 35.5. The van der Waals surface area contributed by atoms with Crippen molar-refractivity contribution < 1.29 is 0 Å². The molecule has 4 aromatic rings. The Morgan fingerprint density at radius 2 is 1.52 bits per heavy atom. The number of nitrogens with one attached hydrogen (secondary N) is 2. The zero-order valence-electron chi connectivity index (χ0n) is 14.3. The van der Waals surface area contributed by atoms with Gasteiger partial charge in [-0.25, -0.2) is 0 Å². The molecule has 0 unspecified atom stereocenters. The van der Waals surface area contributed by atoms with Crippen molar-refractivity contribution in [1.82, 2.24) is 5.43 Å². The van der Waals surface area contributed by atoms with E-state index in [1.54, 1.807) is 6.07 Å². The first-order valence-corrected chi connectivity index (χ1v) is 9.25. The predicted octanol–water partition coefficient (Wildman–Crippen LogP) is 5.97. The van der Waals surface area contributed by atoms with Gasteiger partial charge in [-0.2, -0.15) is 5.10 Å². The molecule has 0 saturated carbocycles. The normalized spacial score (nSPS) is 11.1. The average Bonchev–Trinajstić information content (AvgIpc) is 2.67. The summed E-state index contributed by atoms with van der Waals surface area (Å²) in [6.45, 7) is 0. The number of hydrazone groups is 1. The molecule has 0 atom stereocenters. The molecule has 3 nitrogen and oxygen atoms in total. The van der Waals surface area contributed by atoms with Gasteiger partial charge >= 0.3 is 0 Å². The van der Waals surface area contributed by atoms with Crippen molar-refractivity contribution in [3.05, 3.63) is 89.4 Å². The Morgan fingerprint density at radius 1 is 0.852 bits per heavy atom. The fourth-order valence-electron chi connectivity index (χ4n) is 3.07. The Balaban J connectivity index is 1.61. The number of anilines is 1. The monoisotopic (exact) mass is 389 g/mol. The first-order chi connectivity index (χ1) is 13.2. The first-order valence-electron chi connectivity index (χ1n) is 8.47. The van der Waals surface area contributed by atoms with Crippen LogP contribution in [0.15, 0.2) is 84.0 Å². The average molecular weight is 390 g/mol. The van der Waals surface area contributed by atoms with Crippen LogP contribution in [-0.2, 0) is 0 Å². The number of benzene rings is 4. The lowest BCUT2D eigenvalue weighted by molar-refractivity contribution is 1.05. The lowest BCUT2D eigenvalue weighted by atomic mass is 9.97. The van der Waals surface area contributed by atoms with Gasteiger partial charge in [0.05, 0.1) is 6.21 Å². The van der Waals surface area contributed by atoms with Crippen LogP contribution in [0.5, 0.6) is 0 Å². The predicted molar refractivity (Wildman–Crippen MR) is 120 cm³/mol. The van der Waals surface area contributed by atoms with E-state index in [-0.39, 0.29) is 0 Å². The van der Waals surface area contributed by atoms with E-state index in [0.29, 0.717) is 10.1 Å². The van der Waals surface area contributed by atoms with Crippen LogP contribution in [-0.4, -0.2) is 11.3 Å². The van der Waals surface area contributed by atoms with E-state index < -0.39 is 0 Å². The minimum atomic E-state index is 0.401. The van der Waals surface area contributed by atoms with Gasteiger partial charge in [-0.15, -0.1) is 0 Å². The maximum absolute atomic E-state index is 5.99. The van der Waals surface area contributed by atoms with E-state index in [0.717, 1.165) is 22.0 Å². The third-order valence-corrected chi connectivity index (χ3v) is 4.68. The van der Waals surface area contributed by atoms with Crippen molar-refractivity contribution >= 4 is 62.4 Å². The molecular formula is C22H16ClN3S. The SMILES string of the molecule is S=C(N/N=C/c1c2ccccc2cc2ccccc12)Nc1cccc(Cl)c1. The summed E-state index contributed by atoms with van der Waals surface area (Å²) < 4.78 is 0. The highest BCUT2D eigenvalue weighted by Gasteiger charge is 2.05. The van der Waals surface area contributed by atoms with E-state index in [1.807, 2.05) is 48.7 Å². The third kappa shape index (κ3) is 3.92. The summed E-state index contributed by atoms with van der Waals surface area (Å²) >= 11 is 11.3. The molecule has 4 aromatic carbocycles. The van der Waals surface area contributed by atoms with Gasteiger partial charge in [0.15, 0.2) is 5.11 Å². The maximum atomic E-state index is 5.99. The molecule has 0 bridgehead atoms. The summed E-state index contributed by atoms with van der Waals surface area (Å²) in [4.78, 5) is 0. The summed E-state index contributed by atoms with van der Waals surface area (Å²) in [6.07, 6.45) is 1.82. The number of hydrogen-bond donors (Lipinski definition) is 2. The molecule has 0 radical (unpaired) electrons. The lowest BCUT2D eigenvalue weighted by Gasteiger charge is -2.09. The van der Waals surface area contributed by atoms with Crippen molar-refractivity contribution in [2.24, 2.45) is 5.10 Å². The largest absolute Gasteiger partial charge is 0.331 e. The molecular weight excluding hydrogens is 374 g/mol. The number of nitrogens with zero attached hydrogens (tertiary/aromatic N) is 1. The molecule has 0 spiro atoms. The van der Waals surface area contributed by atoms with E-state index in [4.69, 9.17) is 23.8 Å². The van der Waals surface area contributed by atoms with Crippen molar-refractivity contribution in [3.63, 3.8) is 0 Å². The zero-order chi connectivity index (χ0) is 18.6. The van der Waals surface area contributed by atoms with Crippen LogP contribution in [0.1, 0.15) is 5.56 Å². The maximum Gasteiger partial charge on any atom is 0.191 e. The van der Waals surface area contributed by atoms with E-state index in [9.17, 15) is 0 Å². The van der Waals surface area contributed by atoms with Gasteiger partial charge in [-0.3, -0.25) is 5.43 Å². The van der Waals surface area contributed by atoms with Crippen LogP contribution in [0.3, 0.4) is 0 Å². The molecule has 2 N–H and O–H groups in total. The van der Waals surface area contributed by atoms with Crippen molar-refractivity contribution in [2.45, 2.75) is 0 Å². The van der Waals surface area contributed by atoms with E-state index in [2.05, 4.69) is 46.2 Å². The molecule has 0 saturated heterocycles. The standard InChI is InChI=1S/C22H16ClN3S/c23-17-8-5-9-18(13-17)25-22(27)26-24-14-21-19-10-3-1-6-15(19)12-16-7-2-4-11-20(16)21/h1-14H,(H2,25,26,27)/b24-14+. The van der Waals surface area contributed by atoms with Crippen LogP contribution < -0.4 is 10.7 Å². The number of fused-ring (bicyclic) bond motifs is 2. The molecule has 0 heterocycles. The van der Waals surface area contributed by atoms with E-state index >= 15 is 0 Å². The van der Waals surface area contributed by atoms with Crippen LogP contribution in [0.4, 0.5) is 5.69 Å². The Morgan fingerprint density at radius 3 is 2.19 bits per heavy atom. The molecule has 5 heteroatoms. The van der Waals surface area contributed by atoms with Crippen molar-refractivity contribution in [2.75, 3.05) is 5.32 Å². The van der Waals surface area contributed by atoms with E-state index in [1.165, 1.54) is 10.8 Å². The zero-order valence-corrected chi connectivity index (χ0v) is 15.9. The van der Waals surface area contributed by atoms with Gasteiger partial charge in [-0.1, -0.05) is 66.2 Å². The van der Waals surface area contributed by atoms with Gasteiger partial charge in [0.2, 0.25) is 0 Å². The van der Waals surface area contributed by atoms with Crippen LogP contribution in [0.25, 0.3) is 21.5 Å². The summed E-state index contributed by atoms with van der Waals surface area (Å²) in [5.74, 6) is 0. The molecule has 0 amide bonds. The second kappa shape index (κ2) is 7.74. The van der Waals surface area contributed by atoms with Gasteiger partial charge < -0.3 is 5.32 Å². The third-order valence-electron chi connectivity index (χ3n) is 4.26. The second-order valence-electron chi connectivity index (χ2n) is 6.07. The molecule has 0 aliphatic carbocycles. The Labute approximate surface area is 167 Å². The summed E-state index contributed by atoms with van der Waals surface area (Å²) in [5, 5.41) is 13.1. The van der Waals surface area contributed by atoms with Gasteiger partial charge in [0.25, 0.3) is 0 Å². The summed E-state index contributed by atoms with van der Waals surface area (Å²) in [5.41, 5.74) is 4.74.